The predicted octanol–water partition coefficient (Wildman–Crippen LogP) is 4.03. The van der Waals surface area contributed by atoms with Gasteiger partial charge < -0.3 is 9.88 Å². The molecule has 0 aliphatic heterocycles. The van der Waals surface area contributed by atoms with Crippen molar-refractivity contribution >= 4 is 11.6 Å². The first-order valence-corrected chi connectivity index (χ1v) is 9.53. The maximum atomic E-state index is 13.2. The molecule has 2 aromatic carbocycles. The summed E-state index contributed by atoms with van der Waals surface area (Å²) in [6.07, 6.45) is 0.737. The van der Waals surface area contributed by atoms with Crippen LogP contribution in [0.4, 0.5) is 5.69 Å². The van der Waals surface area contributed by atoms with Gasteiger partial charge in [-0.1, -0.05) is 48.5 Å². The van der Waals surface area contributed by atoms with E-state index in [1.54, 1.807) is 18.7 Å². The predicted molar refractivity (Wildman–Crippen MR) is 114 cm³/mol. The number of H-pyrrole nitrogens is 1. The number of hydrogen-bond donors (Lipinski definition) is 1. The molecule has 0 aliphatic carbocycles. The molecule has 1 heterocycles. The Morgan fingerprint density at radius 1 is 1.03 bits per heavy atom. The quantitative estimate of drug-likeness (QED) is 0.696. The number of rotatable bonds is 6. The van der Waals surface area contributed by atoms with Gasteiger partial charge in [-0.3, -0.25) is 9.59 Å². The standard InChI is InChI=1S/C24H23N3O2/c1-17-21(18(2)26-24(29)22(17)15-25)13-14-23(28)27(20-11-7-4-8-12-20)16-19-9-5-3-6-10-19/h3-12H,13-14,16H2,1-2H3,(H,26,29). The van der Waals surface area contributed by atoms with Crippen LogP contribution in [0.5, 0.6) is 0 Å². The molecule has 5 heteroatoms. The van der Waals surface area contributed by atoms with Crippen molar-refractivity contribution in [3.05, 3.63) is 99.0 Å². The Morgan fingerprint density at radius 2 is 1.66 bits per heavy atom. The molecule has 5 nitrogen and oxygen atoms in total. The lowest BCUT2D eigenvalue weighted by Crippen LogP contribution is -2.30. The van der Waals surface area contributed by atoms with Crippen LogP contribution in [0.2, 0.25) is 0 Å². The van der Waals surface area contributed by atoms with E-state index in [0.717, 1.165) is 16.8 Å². The van der Waals surface area contributed by atoms with Gasteiger partial charge in [0.15, 0.2) is 0 Å². The summed E-state index contributed by atoms with van der Waals surface area (Å²) in [5, 5.41) is 9.25. The van der Waals surface area contributed by atoms with Crippen molar-refractivity contribution < 1.29 is 4.79 Å². The third kappa shape index (κ3) is 4.61. The van der Waals surface area contributed by atoms with Gasteiger partial charge in [-0.05, 0) is 49.1 Å². The number of carbonyl (C=O) groups is 1. The third-order valence-electron chi connectivity index (χ3n) is 5.06. The van der Waals surface area contributed by atoms with E-state index < -0.39 is 0 Å². The third-order valence-corrected chi connectivity index (χ3v) is 5.06. The van der Waals surface area contributed by atoms with Crippen LogP contribution >= 0.6 is 0 Å². The summed E-state index contributed by atoms with van der Waals surface area (Å²) < 4.78 is 0. The average Bonchev–Trinajstić information content (AvgIpc) is 2.73. The molecule has 1 N–H and O–H groups in total. The monoisotopic (exact) mass is 385 g/mol. The van der Waals surface area contributed by atoms with Gasteiger partial charge in [0.05, 0.1) is 6.54 Å². The highest BCUT2D eigenvalue weighted by Crippen LogP contribution is 2.20. The molecule has 0 bridgehead atoms. The summed E-state index contributed by atoms with van der Waals surface area (Å²) in [5.41, 5.74) is 3.82. The Morgan fingerprint density at radius 3 is 2.28 bits per heavy atom. The first-order chi connectivity index (χ1) is 14.0. The van der Waals surface area contributed by atoms with Crippen LogP contribution in [0, 0.1) is 25.2 Å². The molecule has 1 amide bonds. The molecule has 0 saturated carbocycles. The minimum atomic E-state index is -0.382. The van der Waals surface area contributed by atoms with Crippen LogP contribution in [-0.2, 0) is 17.8 Å². The molecule has 0 atom stereocenters. The zero-order valence-electron chi connectivity index (χ0n) is 16.6. The fourth-order valence-electron chi connectivity index (χ4n) is 3.48. The zero-order chi connectivity index (χ0) is 20.8. The molecule has 0 aliphatic rings. The lowest BCUT2D eigenvalue weighted by atomic mass is 9.98. The fourth-order valence-corrected chi connectivity index (χ4v) is 3.48. The van der Waals surface area contributed by atoms with Gasteiger partial charge in [0.1, 0.15) is 11.6 Å². The van der Waals surface area contributed by atoms with Crippen LogP contribution in [-0.4, -0.2) is 10.9 Å². The van der Waals surface area contributed by atoms with Crippen LogP contribution in [0.1, 0.15) is 34.4 Å². The topological polar surface area (TPSA) is 77.0 Å². The number of benzene rings is 2. The van der Waals surface area contributed by atoms with E-state index in [9.17, 15) is 14.9 Å². The average molecular weight is 385 g/mol. The zero-order valence-corrected chi connectivity index (χ0v) is 16.6. The van der Waals surface area contributed by atoms with Gasteiger partial charge in [-0.25, -0.2) is 0 Å². The van der Waals surface area contributed by atoms with Gasteiger partial charge in [0, 0.05) is 17.8 Å². The SMILES string of the molecule is Cc1[nH]c(=O)c(C#N)c(C)c1CCC(=O)N(Cc1ccccc1)c1ccccc1. The summed E-state index contributed by atoms with van der Waals surface area (Å²) >= 11 is 0. The molecular formula is C24H23N3O2. The second kappa shape index (κ2) is 9.03. The van der Waals surface area contributed by atoms with Gasteiger partial charge in [0.2, 0.25) is 5.91 Å². The van der Waals surface area contributed by atoms with Gasteiger partial charge in [0.25, 0.3) is 5.56 Å². The number of nitrogens with zero attached hydrogens (tertiary/aromatic N) is 2. The summed E-state index contributed by atoms with van der Waals surface area (Å²) in [6, 6.07) is 21.4. The number of nitriles is 1. The maximum Gasteiger partial charge on any atom is 0.266 e. The Bertz CT molecular complexity index is 1100. The Balaban J connectivity index is 1.85. The number of anilines is 1. The smallest absolute Gasteiger partial charge is 0.266 e. The van der Waals surface area contributed by atoms with Gasteiger partial charge >= 0.3 is 0 Å². The molecule has 0 saturated heterocycles. The largest absolute Gasteiger partial charge is 0.325 e. The second-order valence-corrected chi connectivity index (χ2v) is 6.97. The number of pyridine rings is 1. The Kier molecular flexibility index (Phi) is 6.25. The highest BCUT2D eigenvalue weighted by Gasteiger charge is 2.18. The Labute approximate surface area is 170 Å². The van der Waals surface area contributed by atoms with Crippen LogP contribution in [0.3, 0.4) is 0 Å². The van der Waals surface area contributed by atoms with E-state index >= 15 is 0 Å². The first-order valence-electron chi connectivity index (χ1n) is 9.53. The van der Waals surface area contributed by atoms with Crippen molar-refractivity contribution in [2.75, 3.05) is 4.90 Å². The van der Waals surface area contributed by atoms with Crippen molar-refractivity contribution in [2.45, 2.75) is 33.2 Å². The van der Waals surface area contributed by atoms with Crippen molar-refractivity contribution in [3.63, 3.8) is 0 Å². The molecule has 3 rings (SSSR count). The number of hydrogen-bond acceptors (Lipinski definition) is 3. The lowest BCUT2D eigenvalue weighted by molar-refractivity contribution is -0.118. The molecule has 0 unspecified atom stereocenters. The number of nitrogens with one attached hydrogen (secondary N) is 1. The van der Waals surface area contributed by atoms with E-state index in [1.807, 2.05) is 66.7 Å². The molecule has 1 aromatic heterocycles. The van der Waals surface area contributed by atoms with Gasteiger partial charge in [-0.2, -0.15) is 5.26 Å². The molecule has 0 radical (unpaired) electrons. The molecule has 0 fully saturated rings. The minimum Gasteiger partial charge on any atom is -0.325 e. The van der Waals surface area contributed by atoms with Crippen molar-refractivity contribution in [2.24, 2.45) is 0 Å². The second-order valence-electron chi connectivity index (χ2n) is 6.97. The number of aromatic amines is 1. The van der Waals surface area contributed by atoms with Crippen LogP contribution in [0.15, 0.2) is 65.5 Å². The summed E-state index contributed by atoms with van der Waals surface area (Å²) in [6.45, 7) is 4.05. The lowest BCUT2D eigenvalue weighted by Gasteiger charge is -2.23. The van der Waals surface area contributed by atoms with Crippen LogP contribution in [0.25, 0.3) is 0 Å². The molecule has 146 valence electrons. The summed E-state index contributed by atoms with van der Waals surface area (Å²) in [5.74, 6) is -0.0106. The molecule has 3 aromatic rings. The van der Waals surface area contributed by atoms with E-state index in [1.165, 1.54) is 0 Å². The van der Waals surface area contributed by atoms with Crippen LogP contribution < -0.4 is 10.5 Å². The number of amides is 1. The van der Waals surface area contributed by atoms with E-state index in [-0.39, 0.29) is 23.5 Å². The van der Waals surface area contributed by atoms with E-state index in [4.69, 9.17) is 0 Å². The van der Waals surface area contributed by atoms with Crippen molar-refractivity contribution in [3.8, 4) is 6.07 Å². The Hall–Kier alpha value is -3.65. The summed E-state index contributed by atoms with van der Waals surface area (Å²) in [7, 11) is 0. The minimum absolute atomic E-state index is 0.0106. The maximum absolute atomic E-state index is 13.2. The van der Waals surface area contributed by atoms with Crippen molar-refractivity contribution in [1.82, 2.24) is 4.98 Å². The normalized spacial score (nSPS) is 10.4. The highest BCUT2D eigenvalue weighted by molar-refractivity contribution is 5.93. The number of aryl methyl sites for hydroxylation is 1. The highest BCUT2D eigenvalue weighted by atomic mass is 16.2. The molecule has 29 heavy (non-hydrogen) atoms. The first kappa shape index (κ1) is 20.1. The summed E-state index contributed by atoms with van der Waals surface area (Å²) in [4.78, 5) is 29.6. The van der Waals surface area contributed by atoms with Crippen molar-refractivity contribution in [1.29, 1.82) is 5.26 Å². The fraction of sp³-hybridized carbons (Fsp3) is 0.208. The number of aromatic nitrogens is 1. The number of carbonyl (C=O) groups excluding carboxylic acids is 1. The van der Waals surface area contributed by atoms with E-state index in [2.05, 4.69) is 4.98 Å². The molecule has 0 spiro atoms. The van der Waals surface area contributed by atoms with Gasteiger partial charge in [-0.15, -0.1) is 0 Å². The van der Waals surface area contributed by atoms with E-state index in [0.29, 0.717) is 24.2 Å². The molecular weight excluding hydrogens is 362 g/mol. The number of para-hydroxylation sites is 1.